The van der Waals surface area contributed by atoms with Crippen LogP contribution < -0.4 is 5.32 Å². The van der Waals surface area contributed by atoms with Crippen LogP contribution in [-0.2, 0) is 16.0 Å². The lowest BCUT2D eigenvalue weighted by molar-refractivity contribution is -0.112. The van der Waals surface area contributed by atoms with E-state index in [1.807, 2.05) is 30.5 Å². The van der Waals surface area contributed by atoms with Gasteiger partial charge in [-0.05, 0) is 51.1 Å². The molecular formula is C20H21ClN4O3S. The number of anilines is 1. The molecule has 2 aromatic heterocycles. The minimum Gasteiger partial charge on any atom is -0.381 e. The zero-order chi connectivity index (χ0) is 21.0. The molecule has 0 aliphatic rings. The van der Waals surface area contributed by atoms with E-state index in [0.29, 0.717) is 41.0 Å². The Bertz CT molecular complexity index is 1030. The molecule has 0 saturated heterocycles. The van der Waals surface area contributed by atoms with Gasteiger partial charge in [-0.15, -0.1) is 10.2 Å². The molecule has 0 aliphatic heterocycles. The van der Waals surface area contributed by atoms with Gasteiger partial charge in [-0.3, -0.25) is 14.9 Å². The highest BCUT2D eigenvalue weighted by Gasteiger charge is 2.23. The average molecular weight is 433 g/mol. The Balaban J connectivity index is 1.74. The molecule has 3 aromatic rings. The van der Waals surface area contributed by atoms with Crippen LogP contribution in [0.1, 0.15) is 33.7 Å². The van der Waals surface area contributed by atoms with E-state index in [1.165, 1.54) is 11.3 Å². The third-order valence-corrected chi connectivity index (χ3v) is 5.47. The fraction of sp³-hybridized carbons (Fsp3) is 0.300. The Morgan fingerprint density at radius 2 is 1.93 bits per heavy atom. The number of halogens is 1. The quantitative estimate of drug-likeness (QED) is 0.330. The summed E-state index contributed by atoms with van der Waals surface area (Å²) in [5.41, 5.74) is 2.73. The number of nitrogens with one attached hydrogen (secondary N) is 1. The first-order valence-electron chi connectivity index (χ1n) is 9.11. The number of carbonyl (C=O) groups is 2. The van der Waals surface area contributed by atoms with Crippen molar-refractivity contribution in [2.45, 2.75) is 27.2 Å². The second-order valence-electron chi connectivity index (χ2n) is 6.33. The normalized spacial score (nSPS) is 10.9. The standard InChI is InChI=1S/C20H21ClN4O3S/c1-4-28-10-9-17-23-24-20(29-17)22-19(27)18(26)16-11-12(2)25(13(16)3)15-7-5-14(21)6-8-15/h5-8,11H,4,9-10H2,1-3H3,(H,22,24,27). The number of nitrogens with zero attached hydrogens (tertiary/aromatic N) is 3. The van der Waals surface area contributed by atoms with Gasteiger partial charge >= 0.3 is 0 Å². The maximum absolute atomic E-state index is 12.7. The van der Waals surface area contributed by atoms with Crippen molar-refractivity contribution in [3.8, 4) is 5.69 Å². The summed E-state index contributed by atoms with van der Waals surface area (Å²) in [5, 5.41) is 12.1. The van der Waals surface area contributed by atoms with Crippen LogP contribution >= 0.6 is 22.9 Å². The minimum atomic E-state index is -0.742. The van der Waals surface area contributed by atoms with Gasteiger partial charge in [-0.2, -0.15) is 0 Å². The highest BCUT2D eigenvalue weighted by atomic mass is 35.5. The fourth-order valence-electron chi connectivity index (χ4n) is 2.97. The molecule has 1 N–H and O–H groups in total. The maximum atomic E-state index is 12.7. The number of carbonyl (C=O) groups excluding carboxylic acids is 2. The van der Waals surface area contributed by atoms with Gasteiger partial charge in [0, 0.05) is 40.7 Å². The van der Waals surface area contributed by atoms with Crippen LogP contribution in [0, 0.1) is 13.8 Å². The smallest absolute Gasteiger partial charge is 0.298 e. The van der Waals surface area contributed by atoms with Gasteiger partial charge in [0.15, 0.2) is 0 Å². The van der Waals surface area contributed by atoms with Crippen molar-refractivity contribution in [3.63, 3.8) is 0 Å². The second kappa shape index (κ2) is 9.30. The molecule has 3 rings (SSSR count). The Kier molecular flexibility index (Phi) is 6.79. The van der Waals surface area contributed by atoms with Crippen LogP contribution in [0.25, 0.3) is 5.69 Å². The number of Topliss-reactive ketones (excluding diaryl/α,β-unsaturated/α-hetero) is 1. The van der Waals surface area contributed by atoms with Crippen LogP contribution in [0.3, 0.4) is 0 Å². The third-order valence-electron chi connectivity index (χ3n) is 4.32. The lowest BCUT2D eigenvalue weighted by Crippen LogP contribution is -2.23. The molecule has 152 valence electrons. The summed E-state index contributed by atoms with van der Waals surface area (Å²) in [5.74, 6) is -1.36. The van der Waals surface area contributed by atoms with Gasteiger partial charge in [0.05, 0.1) is 6.61 Å². The zero-order valence-electron chi connectivity index (χ0n) is 16.4. The number of aromatic nitrogens is 3. The van der Waals surface area contributed by atoms with E-state index in [9.17, 15) is 9.59 Å². The minimum absolute atomic E-state index is 0.293. The number of amides is 1. The largest absolute Gasteiger partial charge is 0.381 e. The first-order valence-corrected chi connectivity index (χ1v) is 10.3. The molecule has 0 spiro atoms. The summed E-state index contributed by atoms with van der Waals surface area (Å²) in [4.78, 5) is 25.2. The van der Waals surface area contributed by atoms with E-state index in [4.69, 9.17) is 16.3 Å². The number of aryl methyl sites for hydroxylation is 1. The molecule has 29 heavy (non-hydrogen) atoms. The van der Waals surface area contributed by atoms with E-state index in [-0.39, 0.29) is 0 Å². The van der Waals surface area contributed by atoms with Gasteiger partial charge in [0.2, 0.25) is 5.13 Å². The predicted molar refractivity (Wildman–Crippen MR) is 113 cm³/mol. The van der Waals surface area contributed by atoms with Crippen LogP contribution in [-0.4, -0.2) is 39.7 Å². The molecule has 0 saturated carbocycles. The lowest BCUT2D eigenvalue weighted by Gasteiger charge is -2.10. The molecule has 0 aliphatic carbocycles. The van der Waals surface area contributed by atoms with Crippen LogP contribution in [0.5, 0.6) is 0 Å². The summed E-state index contributed by atoms with van der Waals surface area (Å²) in [6, 6.07) is 8.99. The lowest BCUT2D eigenvalue weighted by atomic mass is 10.1. The molecule has 0 fully saturated rings. The van der Waals surface area contributed by atoms with Gasteiger partial charge < -0.3 is 9.30 Å². The Morgan fingerprint density at radius 1 is 1.21 bits per heavy atom. The monoisotopic (exact) mass is 432 g/mol. The van der Waals surface area contributed by atoms with Gasteiger partial charge in [0.1, 0.15) is 5.01 Å². The average Bonchev–Trinajstić information content (AvgIpc) is 3.26. The number of benzene rings is 1. The molecule has 9 heteroatoms. The third kappa shape index (κ3) is 4.90. The SMILES string of the molecule is CCOCCc1nnc(NC(=O)C(=O)c2cc(C)n(-c3ccc(Cl)cc3)c2C)s1. The summed E-state index contributed by atoms with van der Waals surface area (Å²) >= 11 is 7.19. The van der Waals surface area contributed by atoms with Gasteiger partial charge in [-0.1, -0.05) is 22.9 Å². The molecule has 1 aromatic carbocycles. The molecule has 0 atom stereocenters. The Hall–Kier alpha value is -2.55. The molecule has 0 bridgehead atoms. The van der Waals surface area contributed by atoms with E-state index in [2.05, 4.69) is 15.5 Å². The molecular weight excluding hydrogens is 412 g/mol. The van der Waals surface area contributed by atoms with Gasteiger partial charge in [0.25, 0.3) is 11.7 Å². The predicted octanol–water partition coefficient (Wildman–Crippen LogP) is 4.00. The molecule has 7 nitrogen and oxygen atoms in total. The first-order chi connectivity index (χ1) is 13.9. The first kappa shape index (κ1) is 21.2. The fourth-order valence-corrected chi connectivity index (χ4v) is 3.81. The van der Waals surface area contributed by atoms with Crippen LogP contribution in [0.15, 0.2) is 30.3 Å². The van der Waals surface area contributed by atoms with Crippen molar-refractivity contribution in [1.82, 2.24) is 14.8 Å². The van der Waals surface area contributed by atoms with Crippen LogP contribution in [0.4, 0.5) is 5.13 Å². The van der Waals surface area contributed by atoms with Crippen molar-refractivity contribution in [3.05, 3.63) is 57.3 Å². The Labute approximate surface area is 177 Å². The van der Waals surface area contributed by atoms with Crippen LogP contribution in [0.2, 0.25) is 5.02 Å². The van der Waals surface area contributed by atoms with E-state index < -0.39 is 11.7 Å². The summed E-state index contributed by atoms with van der Waals surface area (Å²) in [6.07, 6.45) is 0.609. The number of hydrogen-bond donors (Lipinski definition) is 1. The van der Waals surface area contributed by atoms with Crippen molar-refractivity contribution in [2.75, 3.05) is 18.5 Å². The summed E-state index contributed by atoms with van der Waals surface area (Å²) in [6.45, 7) is 6.77. The maximum Gasteiger partial charge on any atom is 0.298 e. The number of ether oxygens (including phenoxy) is 1. The van der Waals surface area contributed by atoms with Gasteiger partial charge in [-0.25, -0.2) is 0 Å². The van der Waals surface area contributed by atoms with Crippen molar-refractivity contribution in [1.29, 1.82) is 0 Å². The number of rotatable bonds is 8. The van der Waals surface area contributed by atoms with Crippen molar-refractivity contribution >= 4 is 39.8 Å². The van der Waals surface area contributed by atoms with E-state index in [0.717, 1.165) is 16.4 Å². The van der Waals surface area contributed by atoms with E-state index in [1.54, 1.807) is 25.1 Å². The molecule has 1 amide bonds. The number of ketones is 1. The molecule has 2 heterocycles. The van der Waals surface area contributed by atoms with E-state index >= 15 is 0 Å². The van der Waals surface area contributed by atoms with Crippen molar-refractivity contribution < 1.29 is 14.3 Å². The Morgan fingerprint density at radius 3 is 2.62 bits per heavy atom. The molecule has 0 radical (unpaired) electrons. The topological polar surface area (TPSA) is 86.1 Å². The molecule has 0 unspecified atom stereocenters. The summed E-state index contributed by atoms with van der Waals surface area (Å²) in [7, 11) is 0. The number of hydrogen-bond acceptors (Lipinski definition) is 6. The van der Waals surface area contributed by atoms with Crippen molar-refractivity contribution in [2.24, 2.45) is 0 Å². The highest BCUT2D eigenvalue weighted by molar-refractivity contribution is 7.15. The summed E-state index contributed by atoms with van der Waals surface area (Å²) < 4.78 is 7.19. The highest BCUT2D eigenvalue weighted by Crippen LogP contribution is 2.23. The zero-order valence-corrected chi connectivity index (χ0v) is 17.9. The second-order valence-corrected chi connectivity index (χ2v) is 7.83.